The lowest BCUT2D eigenvalue weighted by Crippen LogP contribution is -2.32. The Bertz CT molecular complexity index is 175. The molecule has 1 rings (SSSR count). The van der Waals surface area contributed by atoms with Crippen molar-refractivity contribution < 1.29 is 0 Å². The minimum Gasteiger partial charge on any atom is -0.344 e. The number of aliphatic imine (C=N–C) groups is 1. The molecule has 0 saturated carbocycles. The zero-order valence-electron chi connectivity index (χ0n) is 8.54. The number of likely N-dealkylation sites (N-methyl/N-ethyl adjacent to an activating group) is 2. The van der Waals surface area contributed by atoms with Gasteiger partial charge in [0.1, 0.15) is 0 Å². The first kappa shape index (κ1) is 9.36. The van der Waals surface area contributed by atoms with E-state index in [0.717, 1.165) is 25.6 Å². The predicted molar refractivity (Wildman–Crippen MR) is 52.4 cm³/mol. The van der Waals surface area contributed by atoms with Crippen molar-refractivity contribution in [1.82, 2.24) is 9.80 Å². The summed E-state index contributed by atoms with van der Waals surface area (Å²) in [6.07, 6.45) is 0. The summed E-state index contributed by atoms with van der Waals surface area (Å²) < 4.78 is 0. The second kappa shape index (κ2) is 3.78. The first-order chi connectivity index (χ1) is 5.65. The summed E-state index contributed by atoms with van der Waals surface area (Å²) in [6.45, 7) is 9.71. The third-order valence-electron chi connectivity index (χ3n) is 2.08. The van der Waals surface area contributed by atoms with Crippen LogP contribution in [0.15, 0.2) is 4.99 Å². The molecule has 1 aliphatic heterocycles. The Balaban J connectivity index is 2.69. The molecule has 0 aromatic heterocycles. The van der Waals surface area contributed by atoms with Crippen molar-refractivity contribution in [2.24, 2.45) is 4.99 Å². The molecular formula is C9H19N3. The number of hydrogen-bond donors (Lipinski definition) is 0. The minimum absolute atomic E-state index is 0.398. The molecule has 0 radical (unpaired) electrons. The van der Waals surface area contributed by atoms with E-state index in [4.69, 9.17) is 0 Å². The summed E-state index contributed by atoms with van der Waals surface area (Å²) in [4.78, 5) is 9.12. The molecule has 12 heavy (non-hydrogen) atoms. The van der Waals surface area contributed by atoms with E-state index in [9.17, 15) is 0 Å². The van der Waals surface area contributed by atoms with Gasteiger partial charge in [0, 0.05) is 32.7 Å². The van der Waals surface area contributed by atoms with E-state index in [1.54, 1.807) is 0 Å². The van der Waals surface area contributed by atoms with Crippen LogP contribution in [0.4, 0.5) is 0 Å². The second-order valence-corrected chi connectivity index (χ2v) is 3.52. The molecule has 1 heterocycles. The molecule has 1 fully saturated rings. The van der Waals surface area contributed by atoms with Crippen molar-refractivity contribution in [3.05, 3.63) is 0 Å². The van der Waals surface area contributed by atoms with E-state index >= 15 is 0 Å². The highest BCUT2D eigenvalue weighted by molar-refractivity contribution is 5.81. The van der Waals surface area contributed by atoms with Crippen molar-refractivity contribution in [2.45, 2.75) is 26.8 Å². The molecule has 0 bridgehead atoms. The predicted octanol–water partition coefficient (Wildman–Crippen LogP) is 1.02. The van der Waals surface area contributed by atoms with Gasteiger partial charge in [-0.05, 0) is 20.8 Å². The summed E-state index contributed by atoms with van der Waals surface area (Å²) in [5.41, 5.74) is 0. The Hall–Kier alpha value is -0.730. The highest BCUT2D eigenvalue weighted by Gasteiger charge is 2.21. The summed E-state index contributed by atoms with van der Waals surface area (Å²) in [5.74, 6) is 1.16. The molecule has 3 nitrogen and oxygen atoms in total. The fourth-order valence-corrected chi connectivity index (χ4v) is 1.42. The molecule has 0 N–H and O–H groups in total. The third kappa shape index (κ3) is 1.90. The summed E-state index contributed by atoms with van der Waals surface area (Å²) in [6, 6.07) is 0.398. The average Bonchev–Trinajstić information content (AvgIpc) is 2.32. The average molecular weight is 169 g/mol. The van der Waals surface area contributed by atoms with Gasteiger partial charge in [0.05, 0.1) is 0 Å². The van der Waals surface area contributed by atoms with Crippen LogP contribution in [-0.4, -0.2) is 48.5 Å². The van der Waals surface area contributed by atoms with Crippen LogP contribution in [0.25, 0.3) is 0 Å². The molecule has 0 aromatic carbocycles. The topological polar surface area (TPSA) is 18.8 Å². The normalized spacial score (nSPS) is 21.6. The largest absolute Gasteiger partial charge is 0.344 e. The van der Waals surface area contributed by atoms with Crippen LogP contribution in [0.1, 0.15) is 20.8 Å². The monoisotopic (exact) mass is 169 g/mol. The lowest BCUT2D eigenvalue weighted by Gasteiger charge is -2.19. The van der Waals surface area contributed by atoms with Crippen LogP contribution >= 0.6 is 0 Å². The Labute approximate surface area is 75.1 Å². The van der Waals surface area contributed by atoms with E-state index in [0.29, 0.717) is 6.04 Å². The van der Waals surface area contributed by atoms with E-state index in [-0.39, 0.29) is 0 Å². The molecule has 1 saturated heterocycles. The molecule has 0 unspecified atom stereocenters. The summed E-state index contributed by atoms with van der Waals surface area (Å²) in [5, 5.41) is 0. The SMILES string of the molecule is CCN1CCN(C)C1=NC(C)C. The van der Waals surface area contributed by atoms with Gasteiger partial charge in [-0.2, -0.15) is 0 Å². The van der Waals surface area contributed by atoms with Crippen molar-refractivity contribution in [1.29, 1.82) is 0 Å². The standard InChI is InChI=1S/C9H19N3/c1-5-12-7-6-11(4)9(12)10-8(2)3/h8H,5-7H2,1-4H3. The van der Waals surface area contributed by atoms with Gasteiger partial charge in [-0.15, -0.1) is 0 Å². The van der Waals surface area contributed by atoms with Crippen LogP contribution in [0.3, 0.4) is 0 Å². The lowest BCUT2D eigenvalue weighted by molar-refractivity contribution is 0.485. The Morgan fingerprint density at radius 1 is 1.42 bits per heavy atom. The molecule has 0 aliphatic carbocycles. The van der Waals surface area contributed by atoms with Gasteiger partial charge < -0.3 is 9.80 Å². The Kier molecular flexibility index (Phi) is 2.95. The van der Waals surface area contributed by atoms with Crippen molar-refractivity contribution >= 4 is 5.96 Å². The molecule has 0 aromatic rings. The van der Waals surface area contributed by atoms with E-state index in [2.05, 4.69) is 42.6 Å². The second-order valence-electron chi connectivity index (χ2n) is 3.52. The highest BCUT2D eigenvalue weighted by atomic mass is 15.4. The molecule has 0 atom stereocenters. The maximum atomic E-state index is 4.58. The molecule has 70 valence electrons. The number of hydrogen-bond acceptors (Lipinski definition) is 1. The molecule has 0 spiro atoms. The Morgan fingerprint density at radius 2 is 2.08 bits per heavy atom. The summed E-state index contributed by atoms with van der Waals surface area (Å²) >= 11 is 0. The molecule has 3 heteroatoms. The zero-order chi connectivity index (χ0) is 9.14. The first-order valence-electron chi connectivity index (χ1n) is 4.69. The van der Waals surface area contributed by atoms with Gasteiger partial charge in [-0.1, -0.05) is 0 Å². The lowest BCUT2D eigenvalue weighted by atomic mass is 10.4. The van der Waals surface area contributed by atoms with Crippen LogP contribution in [0.5, 0.6) is 0 Å². The zero-order valence-corrected chi connectivity index (χ0v) is 8.54. The van der Waals surface area contributed by atoms with E-state index < -0.39 is 0 Å². The molecule has 0 amide bonds. The van der Waals surface area contributed by atoms with Crippen molar-refractivity contribution in [3.63, 3.8) is 0 Å². The van der Waals surface area contributed by atoms with Gasteiger partial charge in [-0.25, -0.2) is 0 Å². The van der Waals surface area contributed by atoms with Crippen LogP contribution in [-0.2, 0) is 0 Å². The van der Waals surface area contributed by atoms with Gasteiger partial charge in [0.2, 0.25) is 0 Å². The third-order valence-corrected chi connectivity index (χ3v) is 2.08. The number of rotatable bonds is 2. The van der Waals surface area contributed by atoms with Crippen LogP contribution < -0.4 is 0 Å². The van der Waals surface area contributed by atoms with Crippen LogP contribution in [0.2, 0.25) is 0 Å². The maximum Gasteiger partial charge on any atom is 0.196 e. The van der Waals surface area contributed by atoms with Gasteiger partial charge in [0.15, 0.2) is 5.96 Å². The summed E-state index contributed by atoms with van der Waals surface area (Å²) in [7, 11) is 2.11. The van der Waals surface area contributed by atoms with Crippen molar-refractivity contribution in [2.75, 3.05) is 26.7 Å². The quantitative estimate of drug-likeness (QED) is 0.614. The van der Waals surface area contributed by atoms with Crippen molar-refractivity contribution in [3.8, 4) is 0 Å². The van der Waals surface area contributed by atoms with E-state index in [1.165, 1.54) is 0 Å². The highest BCUT2D eigenvalue weighted by Crippen LogP contribution is 2.07. The smallest absolute Gasteiger partial charge is 0.196 e. The number of nitrogens with zero attached hydrogens (tertiary/aromatic N) is 3. The maximum absolute atomic E-state index is 4.58. The minimum atomic E-state index is 0.398. The molecule has 1 aliphatic rings. The number of guanidine groups is 1. The van der Waals surface area contributed by atoms with Gasteiger partial charge in [-0.3, -0.25) is 4.99 Å². The molecular weight excluding hydrogens is 150 g/mol. The van der Waals surface area contributed by atoms with Gasteiger partial charge in [0.25, 0.3) is 0 Å². The first-order valence-corrected chi connectivity index (χ1v) is 4.69. The Morgan fingerprint density at radius 3 is 2.58 bits per heavy atom. The van der Waals surface area contributed by atoms with E-state index in [1.807, 2.05) is 0 Å². The fourth-order valence-electron chi connectivity index (χ4n) is 1.42. The van der Waals surface area contributed by atoms with Crippen LogP contribution in [0, 0.1) is 0 Å². The van der Waals surface area contributed by atoms with Gasteiger partial charge >= 0.3 is 0 Å². The fraction of sp³-hybridized carbons (Fsp3) is 0.889.